The first-order valence-corrected chi connectivity index (χ1v) is 5.70. The SMILES string of the molecule is COC1(OC)C(=O)C(=NC#N)C(=NC#N)C(=O)C1(OC)OC. The Morgan fingerprint density at radius 1 is 0.773 bits per heavy atom. The van der Waals surface area contributed by atoms with E-state index < -0.39 is 34.6 Å². The van der Waals surface area contributed by atoms with Crippen molar-refractivity contribution in [2.45, 2.75) is 11.6 Å². The molecule has 1 rings (SSSR count). The van der Waals surface area contributed by atoms with Gasteiger partial charge in [0.1, 0.15) is 0 Å². The predicted octanol–water partition coefficient (Wildman–Crippen LogP) is -1.04. The van der Waals surface area contributed by atoms with Crippen LogP contribution in [0.4, 0.5) is 0 Å². The fraction of sp³-hybridized carbons (Fsp3) is 0.500. The quantitative estimate of drug-likeness (QED) is 0.473. The lowest BCUT2D eigenvalue weighted by Gasteiger charge is -2.45. The summed E-state index contributed by atoms with van der Waals surface area (Å²) in [5, 5.41) is 17.4. The molecule has 0 amide bonds. The van der Waals surface area contributed by atoms with Crippen LogP contribution in [-0.2, 0) is 28.5 Å². The van der Waals surface area contributed by atoms with Gasteiger partial charge in [0.05, 0.1) is 0 Å². The number of hydrogen-bond acceptors (Lipinski definition) is 10. The molecule has 1 aliphatic rings. The number of carbonyl (C=O) groups excluding carboxylic acids is 2. The molecule has 0 aliphatic heterocycles. The molecular weight excluding hydrogens is 296 g/mol. The molecular formula is C12H12N4O6. The predicted molar refractivity (Wildman–Crippen MR) is 69.6 cm³/mol. The molecule has 0 aromatic carbocycles. The Kier molecular flexibility index (Phi) is 5.19. The van der Waals surface area contributed by atoms with Gasteiger partial charge in [-0.05, 0) is 0 Å². The van der Waals surface area contributed by atoms with Crippen LogP contribution in [0.5, 0.6) is 0 Å². The molecule has 1 saturated carbocycles. The summed E-state index contributed by atoms with van der Waals surface area (Å²) < 4.78 is 20.2. The van der Waals surface area contributed by atoms with Crippen LogP contribution in [0.15, 0.2) is 9.98 Å². The van der Waals surface area contributed by atoms with Crippen LogP contribution in [-0.4, -0.2) is 63.0 Å². The summed E-state index contributed by atoms with van der Waals surface area (Å²) in [7, 11) is 4.32. The van der Waals surface area contributed by atoms with Crippen molar-refractivity contribution in [2.24, 2.45) is 9.98 Å². The van der Waals surface area contributed by atoms with E-state index in [0.717, 1.165) is 28.4 Å². The Labute approximate surface area is 125 Å². The number of methoxy groups -OCH3 is 4. The highest BCUT2D eigenvalue weighted by Gasteiger charge is 2.71. The minimum absolute atomic E-state index is 0.678. The molecule has 0 bridgehead atoms. The van der Waals surface area contributed by atoms with E-state index in [1.807, 2.05) is 0 Å². The number of aliphatic imine (C=N–C) groups is 2. The highest BCUT2D eigenvalue weighted by Crippen LogP contribution is 2.37. The van der Waals surface area contributed by atoms with Crippen molar-refractivity contribution >= 4 is 23.0 Å². The molecule has 10 nitrogen and oxygen atoms in total. The molecule has 0 radical (unpaired) electrons. The van der Waals surface area contributed by atoms with Gasteiger partial charge in [0.25, 0.3) is 11.6 Å². The van der Waals surface area contributed by atoms with E-state index in [1.165, 1.54) is 12.4 Å². The number of carbonyl (C=O) groups is 2. The van der Waals surface area contributed by atoms with Crippen LogP contribution in [0.3, 0.4) is 0 Å². The Balaban J connectivity index is 3.83. The zero-order valence-electron chi connectivity index (χ0n) is 12.2. The van der Waals surface area contributed by atoms with Gasteiger partial charge in [-0.25, -0.2) is 0 Å². The maximum Gasteiger partial charge on any atom is 0.299 e. The van der Waals surface area contributed by atoms with Gasteiger partial charge < -0.3 is 18.9 Å². The van der Waals surface area contributed by atoms with Gasteiger partial charge in [-0.1, -0.05) is 0 Å². The van der Waals surface area contributed by atoms with Gasteiger partial charge in [0, 0.05) is 28.4 Å². The van der Waals surface area contributed by atoms with Crippen molar-refractivity contribution in [1.29, 1.82) is 10.5 Å². The lowest BCUT2D eigenvalue weighted by Crippen LogP contribution is -2.75. The molecule has 0 aromatic rings. The molecule has 1 aliphatic carbocycles. The fourth-order valence-corrected chi connectivity index (χ4v) is 2.21. The topological polar surface area (TPSA) is 143 Å². The smallest absolute Gasteiger partial charge is 0.299 e. The number of rotatable bonds is 4. The third-order valence-corrected chi connectivity index (χ3v) is 3.16. The number of ether oxygens (including phenoxy) is 4. The average molecular weight is 308 g/mol. The van der Waals surface area contributed by atoms with E-state index in [-0.39, 0.29) is 0 Å². The van der Waals surface area contributed by atoms with Crippen molar-refractivity contribution in [3.05, 3.63) is 0 Å². The third-order valence-electron chi connectivity index (χ3n) is 3.16. The molecule has 0 saturated heterocycles. The average Bonchev–Trinajstić information content (AvgIpc) is 2.54. The molecule has 0 unspecified atom stereocenters. The highest BCUT2D eigenvalue weighted by molar-refractivity contribution is 6.85. The molecule has 0 heterocycles. The van der Waals surface area contributed by atoms with Crippen LogP contribution >= 0.6 is 0 Å². The third kappa shape index (κ3) is 2.03. The monoisotopic (exact) mass is 308 g/mol. The van der Waals surface area contributed by atoms with E-state index in [4.69, 9.17) is 29.5 Å². The summed E-state index contributed by atoms with van der Waals surface area (Å²) in [6.07, 6.45) is 2.72. The van der Waals surface area contributed by atoms with Gasteiger partial charge in [-0.2, -0.15) is 20.5 Å². The molecule has 10 heteroatoms. The van der Waals surface area contributed by atoms with Crippen molar-refractivity contribution in [2.75, 3.05) is 28.4 Å². The van der Waals surface area contributed by atoms with Crippen molar-refractivity contribution in [1.82, 2.24) is 0 Å². The summed E-state index contributed by atoms with van der Waals surface area (Å²) in [6.45, 7) is 0. The van der Waals surface area contributed by atoms with E-state index in [9.17, 15) is 9.59 Å². The maximum absolute atomic E-state index is 12.6. The summed E-state index contributed by atoms with van der Waals surface area (Å²) in [5.41, 5.74) is -1.36. The van der Waals surface area contributed by atoms with Crippen LogP contribution in [0, 0.1) is 22.9 Å². The standard InChI is InChI=1S/C12H12N4O6/c1-19-11(20-2)9(17)7(15-5-13)8(16-6-14)10(18)12(11,21-3)22-4/h1-4H3. The maximum atomic E-state index is 12.6. The summed E-state index contributed by atoms with van der Waals surface area (Å²) in [6, 6.07) is 0. The molecule has 1 fully saturated rings. The summed E-state index contributed by atoms with van der Waals surface area (Å²) in [5.74, 6) is -6.79. The second kappa shape index (κ2) is 6.51. The first-order chi connectivity index (χ1) is 10.5. The van der Waals surface area contributed by atoms with Crippen LogP contribution in [0.1, 0.15) is 0 Å². The van der Waals surface area contributed by atoms with E-state index in [1.54, 1.807) is 0 Å². The van der Waals surface area contributed by atoms with E-state index in [0.29, 0.717) is 0 Å². The summed E-state index contributed by atoms with van der Waals surface area (Å²) >= 11 is 0. The van der Waals surface area contributed by atoms with Crippen molar-refractivity contribution in [3.8, 4) is 12.4 Å². The van der Waals surface area contributed by atoms with E-state index >= 15 is 0 Å². The van der Waals surface area contributed by atoms with Gasteiger partial charge in [0.15, 0.2) is 11.4 Å². The Bertz CT molecular complexity index is 575. The van der Waals surface area contributed by atoms with Crippen LogP contribution in [0.2, 0.25) is 0 Å². The zero-order valence-corrected chi connectivity index (χ0v) is 12.2. The number of nitrogens with zero attached hydrogens (tertiary/aromatic N) is 4. The lowest BCUT2D eigenvalue weighted by molar-refractivity contribution is -0.345. The minimum atomic E-state index is -2.35. The van der Waals surface area contributed by atoms with Crippen molar-refractivity contribution < 1.29 is 28.5 Å². The molecule has 0 aromatic heterocycles. The van der Waals surface area contributed by atoms with Gasteiger partial charge in [0.2, 0.25) is 24.0 Å². The highest BCUT2D eigenvalue weighted by atomic mass is 16.8. The molecule has 116 valence electrons. The molecule has 0 atom stereocenters. The Morgan fingerprint density at radius 2 is 1.05 bits per heavy atom. The first kappa shape index (κ1) is 17.6. The molecule has 0 spiro atoms. The van der Waals surface area contributed by atoms with Gasteiger partial charge in [-0.15, -0.1) is 0 Å². The molecule has 0 N–H and O–H groups in total. The molecule has 22 heavy (non-hydrogen) atoms. The van der Waals surface area contributed by atoms with Crippen LogP contribution in [0.25, 0.3) is 0 Å². The Hall–Kier alpha value is -2.50. The zero-order chi connectivity index (χ0) is 17.0. The second-order valence-corrected chi connectivity index (χ2v) is 3.83. The fourth-order valence-electron chi connectivity index (χ4n) is 2.21. The summed E-state index contributed by atoms with van der Waals surface area (Å²) in [4.78, 5) is 31.7. The number of ketones is 2. The second-order valence-electron chi connectivity index (χ2n) is 3.83. The van der Waals surface area contributed by atoms with Gasteiger partial charge >= 0.3 is 0 Å². The number of Topliss-reactive ketones (excluding diaryl/α,β-unsaturated/α-hetero) is 2. The van der Waals surface area contributed by atoms with Crippen LogP contribution < -0.4 is 0 Å². The first-order valence-electron chi connectivity index (χ1n) is 5.70. The number of hydrogen-bond donors (Lipinski definition) is 0. The normalized spacial score (nSPS) is 23.4. The minimum Gasteiger partial charge on any atom is -0.342 e. The lowest BCUT2D eigenvalue weighted by atomic mass is 9.81. The Morgan fingerprint density at radius 3 is 1.23 bits per heavy atom. The van der Waals surface area contributed by atoms with E-state index in [2.05, 4.69) is 9.98 Å². The number of nitriles is 2. The van der Waals surface area contributed by atoms with Crippen molar-refractivity contribution in [3.63, 3.8) is 0 Å². The van der Waals surface area contributed by atoms with Gasteiger partial charge in [-0.3, -0.25) is 9.59 Å². The largest absolute Gasteiger partial charge is 0.342 e.